The lowest BCUT2D eigenvalue weighted by Crippen LogP contribution is -2.52. The Morgan fingerprint density at radius 3 is 1.65 bits per heavy atom. The highest BCUT2D eigenvalue weighted by Crippen LogP contribution is 2.32. The van der Waals surface area contributed by atoms with Crippen LogP contribution in [-0.2, 0) is 9.59 Å². The number of hydrogen-bond donors (Lipinski definition) is 0. The third kappa shape index (κ3) is 3.50. The predicted molar refractivity (Wildman–Crippen MR) is 101 cm³/mol. The Balaban J connectivity index is 1.51. The second kappa shape index (κ2) is 7.32. The first-order valence-corrected chi connectivity index (χ1v) is 9.41. The van der Waals surface area contributed by atoms with Crippen molar-refractivity contribution >= 4 is 11.8 Å². The molecule has 4 rings (SSSR count). The summed E-state index contributed by atoms with van der Waals surface area (Å²) >= 11 is 0. The van der Waals surface area contributed by atoms with Crippen LogP contribution in [0.4, 0.5) is 0 Å². The molecule has 1 aliphatic carbocycles. The summed E-state index contributed by atoms with van der Waals surface area (Å²) in [5.74, 6) is 0.363. The fourth-order valence-corrected chi connectivity index (χ4v) is 3.69. The van der Waals surface area contributed by atoms with Crippen molar-refractivity contribution in [3.63, 3.8) is 0 Å². The Morgan fingerprint density at radius 1 is 0.731 bits per heavy atom. The smallest absolute Gasteiger partial charge is 0.234 e. The third-order valence-electron chi connectivity index (χ3n) is 5.34. The number of carbonyl (C=O) groups is 2. The van der Waals surface area contributed by atoms with Crippen LogP contribution >= 0.6 is 0 Å². The van der Waals surface area contributed by atoms with Crippen LogP contribution in [0.3, 0.4) is 0 Å². The zero-order chi connectivity index (χ0) is 17.9. The Bertz CT molecular complexity index is 724. The number of benzene rings is 2. The van der Waals surface area contributed by atoms with Gasteiger partial charge in [0.25, 0.3) is 0 Å². The molecule has 4 heteroatoms. The van der Waals surface area contributed by atoms with Crippen LogP contribution in [0.25, 0.3) is 0 Å². The van der Waals surface area contributed by atoms with Crippen molar-refractivity contribution < 1.29 is 9.59 Å². The first kappa shape index (κ1) is 16.8. The minimum atomic E-state index is -0.289. The van der Waals surface area contributed by atoms with Crippen LogP contribution in [0.15, 0.2) is 60.7 Å². The molecule has 0 radical (unpaired) electrons. The Labute approximate surface area is 154 Å². The van der Waals surface area contributed by atoms with E-state index >= 15 is 0 Å². The largest absolute Gasteiger partial charge is 0.339 e. The van der Waals surface area contributed by atoms with E-state index in [0.717, 1.165) is 24.0 Å². The molecular formula is C22H24N2O2. The van der Waals surface area contributed by atoms with Gasteiger partial charge in [-0.2, -0.15) is 0 Å². The average molecular weight is 348 g/mol. The van der Waals surface area contributed by atoms with E-state index in [0.29, 0.717) is 26.2 Å². The fourth-order valence-electron chi connectivity index (χ4n) is 3.69. The first-order valence-electron chi connectivity index (χ1n) is 9.41. The molecule has 0 bridgehead atoms. The summed E-state index contributed by atoms with van der Waals surface area (Å²) < 4.78 is 0. The highest BCUT2D eigenvalue weighted by atomic mass is 16.2. The maximum Gasteiger partial charge on any atom is 0.234 e. The van der Waals surface area contributed by atoms with Crippen LogP contribution < -0.4 is 0 Å². The van der Waals surface area contributed by atoms with Gasteiger partial charge in [-0.1, -0.05) is 60.7 Å². The van der Waals surface area contributed by atoms with Crippen LogP contribution in [0, 0.1) is 5.92 Å². The topological polar surface area (TPSA) is 40.6 Å². The Hall–Kier alpha value is -2.62. The molecule has 134 valence electrons. The summed E-state index contributed by atoms with van der Waals surface area (Å²) in [6.07, 6.45) is 2.06. The molecule has 0 aromatic heterocycles. The number of carbonyl (C=O) groups excluding carboxylic acids is 2. The Morgan fingerprint density at radius 2 is 1.19 bits per heavy atom. The average Bonchev–Trinajstić information content (AvgIpc) is 3.55. The highest BCUT2D eigenvalue weighted by molar-refractivity contribution is 5.87. The zero-order valence-electron chi connectivity index (χ0n) is 14.9. The molecule has 2 aliphatic rings. The van der Waals surface area contributed by atoms with E-state index < -0.39 is 0 Å². The molecule has 2 aromatic carbocycles. The molecule has 26 heavy (non-hydrogen) atoms. The van der Waals surface area contributed by atoms with E-state index in [1.807, 2.05) is 70.5 Å². The molecule has 4 nitrogen and oxygen atoms in total. The lowest BCUT2D eigenvalue weighted by Gasteiger charge is -2.36. The normalized spacial score (nSPS) is 17.4. The predicted octanol–water partition coefficient (Wildman–Crippen LogP) is 2.90. The molecule has 0 spiro atoms. The van der Waals surface area contributed by atoms with Gasteiger partial charge in [0.15, 0.2) is 0 Å². The molecule has 1 saturated heterocycles. The monoisotopic (exact) mass is 348 g/mol. The van der Waals surface area contributed by atoms with Crippen LogP contribution in [0.2, 0.25) is 0 Å². The van der Waals surface area contributed by atoms with Crippen molar-refractivity contribution in [2.45, 2.75) is 18.8 Å². The van der Waals surface area contributed by atoms with Gasteiger partial charge in [0.05, 0.1) is 5.92 Å². The number of amides is 2. The molecule has 0 atom stereocenters. The standard InChI is InChI=1S/C22H24N2O2/c25-21(19-11-12-19)23-13-15-24(16-14-23)22(26)20(17-7-3-1-4-8-17)18-9-5-2-6-10-18/h1-10,19-20H,11-16H2. The molecular weight excluding hydrogens is 324 g/mol. The lowest BCUT2D eigenvalue weighted by atomic mass is 9.90. The van der Waals surface area contributed by atoms with E-state index in [-0.39, 0.29) is 23.7 Å². The van der Waals surface area contributed by atoms with E-state index in [1.165, 1.54) is 0 Å². The molecule has 1 aliphatic heterocycles. The Kier molecular flexibility index (Phi) is 4.74. The van der Waals surface area contributed by atoms with Crippen LogP contribution in [0.1, 0.15) is 29.9 Å². The van der Waals surface area contributed by atoms with Crippen molar-refractivity contribution in [3.8, 4) is 0 Å². The minimum absolute atomic E-state index is 0.126. The first-order chi connectivity index (χ1) is 12.7. The van der Waals surface area contributed by atoms with Gasteiger partial charge in [-0.3, -0.25) is 9.59 Å². The summed E-state index contributed by atoms with van der Waals surface area (Å²) in [6, 6.07) is 19.9. The molecule has 2 fully saturated rings. The molecule has 0 unspecified atom stereocenters. The highest BCUT2D eigenvalue weighted by Gasteiger charge is 2.36. The maximum atomic E-state index is 13.3. The van der Waals surface area contributed by atoms with Crippen molar-refractivity contribution in [2.24, 2.45) is 5.92 Å². The molecule has 1 saturated carbocycles. The quantitative estimate of drug-likeness (QED) is 0.852. The molecule has 0 N–H and O–H groups in total. The van der Waals surface area contributed by atoms with Crippen molar-refractivity contribution in [1.82, 2.24) is 9.80 Å². The SMILES string of the molecule is O=C(C1CC1)N1CCN(C(=O)C(c2ccccc2)c2ccccc2)CC1. The molecule has 1 heterocycles. The van der Waals surface area contributed by atoms with Crippen molar-refractivity contribution in [2.75, 3.05) is 26.2 Å². The summed E-state index contributed by atoms with van der Waals surface area (Å²) in [5.41, 5.74) is 2.03. The van der Waals surface area contributed by atoms with Gasteiger partial charge in [0.1, 0.15) is 0 Å². The van der Waals surface area contributed by atoms with E-state index in [2.05, 4.69) is 0 Å². The van der Waals surface area contributed by atoms with E-state index in [4.69, 9.17) is 0 Å². The van der Waals surface area contributed by atoms with Gasteiger partial charge >= 0.3 is 0 Å². The van der Waals surface area contributed by atoms with Gasteiger partial charge in [0, 0.05) is 32.1 Å². The fraction of sp³-hybridized carbons (Fsp3) is 0.364. The summed E-state index contributed by atoms with van der Waals surface area (Å²) in [6.45, 7) is 2.54. The van der Waals surface area contributed by atoms with E-state index in [1.54, 1.807) is 0 Å². The van der Waals surface area contributed by atoms with Gasteiger partial charge in [0.2, 0.25) is 11.8 Å². The number of hydrogen-bond acceptors (Lipinski definition) is 2. The molecule has 2 aromatic rings. The summed E-state index contributed by atoms with van der Waals surface area (Å²) in [4.78, 5) is 29.4. The van der Waals surface area contributed by atoms with Crippen LogP contribution in [-0.4, -0.2) is 47.8 Å². The second-order valence-electron chi connectivity index (χ2n) is 7.18. The number of nitrogens with zero attached hydrogens (tertiary/aromatic N) is 2. The number of piperazine rings is 1. The van der Waals surface area contributed by atoms with E-state index in [9.17, 15) is 9.59 Å². The maximum absolute atomic E-state index is 13.3. The summed E-state index contributed by atoms with van der Waals surface area (Å²) in [7, 11) is 0. The van der Waals surface area contributed by atoms with Gasteiger partial charge in [-0.05, 0) is 24.0 Å². The van der Waals surface area contributed by atoms with Gasteiger partial charge in [-0.15, -0.1) is 0 Å². The van der Waals surface area contributed by atoms with Gasteiger partial charge < -0.3 is 9.80 Å². The summed E-state index contributed by atoms with van der Waals surface area (Å²) in [5, 5.41) is 0. The molecule has 2 amide bonds. The lowest BCUT2D eigenvalue weighted by molar-refractivity contribution is -0.140. The van der Waals surface area contributed by atoms with Crippen LogP contribution in [0.5, 0.6) is 0 Å². The van der Waals surface area contributed by atoms with Crippen molar-refractivity contribution in [3.05, 3.63) is 71.8 Å². The van der Waals surface area contributed by atoms with Gasteiger partial charge in [-0.25, -0.2) is 0 Å². The number of rotatable bonds is 4. The van der Waals surface area contributed by atoms with Crippen molar-refractivity contribution in [1.29, 1.82) is 0 Å². The minimum Gasteiger partial charge on any atom is -0.339 e. The zero-order valence-corrected chi connectivity index (χ0v) is 14.9. The third-order valence-corrected chi connectivity index (χ3v) is 5.34. The second-order valence-corrected chi connectivity index (χ2v) is 7.18.